The smallest absolute Gasteiger partial charge is 0.295 e. The second-order valence-electron chi connectivity index (χ2n) is 8.71. The van der Waals surface area contributed by atoms with Crippen LogP contribution in [0.2, 0.25) is 0 Å². The number of Topliss-reactive ketones (excluding diaryl/α,β-unsaturated/α-hetero) is 1. The first-order chi connectivity index (χ1) is 16.3. The Bertz CT molecular complexity index is 1300. The van der Waals surface area contributed by atoms with E-state index in [0.717, 1.165) is 27.6 Å². The number of para-hydroxylation sites is 1. The van der Waals surface area contributed by atoms with Gasteiger partial charge in [0.2, 0.25) is 0 Å². The summed E-state index contributed by atoms with van der Waals surface area (Å²) in [6, 6.07) is 10.8. The molecule has 1 saturated heterocycles. The summed E-state index contributed by atoms with van der Waals surface area (Å²) in [5, 5.41) is 12.5. The van der Waals surface area contributed by atoms with Crippen LogP contribution in [0.15, 0.2) is 48.2 Å². The molecule has 1 aromatic heterocycles. The molecule has 178 valence electrons. The monoisotopic (exact) mass is 462 g/mol. The lowest BCUT2D eigenvalue weighted by Crippen LogP contribution is -2.31. The number of aryl methyl sites for hydroxylation is 3. The van der Waals surface area contributed by atoms with Gasteiger partial charge in [-0.25, -0.2) is 0 Å². The average molecular weight is 463 g/mol. The van der Waals surface area contributed by atoms with Gasteiger partial charge in [-0.1, -0.05) is 24.3 Å². The van der Waals surface area contributed by atoms with Gasteiger partial charge in [-0.3, -0.25) is 9.59 Å². The number of amides is 1. The van der Waals surface area contributed by atoms with Crippen molar-refractivity contribution in [1.29, 1.82) is 0 Å². The van der Waals surface area contributed by atoms with Gasteiger partial charge in [0.25, 0.3) is 11.7 Å². The van der Waals surface area contributed by atoms with Gasteiger partial charge < -0.3 is 24.0 Å². The molecule has 7 heteroatoms. The summed E-state index contributed by atoms with van der Waals surface area (Å²) in [6.07, 6.45) is 2.49. The first-order valence-electron chi connectivity index (χ1n) is 11.3. The zero-order valence-corrected chi connectivity index (χ0v) is 20.2. The molecule has 1 aliphatic rings. The minimum absolute atomic E-state index is 0.0714. The third-order valence-electron chi connectivity index (χ3n) is 6.39. The molecule has 1 unspecified atom stereocenters. The van der Waals surface area contributed by atoms with Crippen LogP contribution in [-0.2, 0) is 21.4 Å². The van der Waals surface area contributed by atoms with Gasteiger partial charge in [0.15, 0.2) is 0 Å². The molecule has 34 heavy (non-hydrogen) atoms. The lowest BCUT2D eigenvalue weighted by atomic mass is 9.93. The fourth-order valence-electron chi connectivity index (χ4n) is 4.95. The van der Waals surface area contributed by atoms with Crippen LogP contribution in [-0.4, -0.2) is 53.6 Å². The fraction of sp³-hybridized carbons (Fsp3) is 0.333. The molecule has 0 saturated carbocycles. The molecule has 1 aliphatic heterocycles. The van der Waals surface area contributed by atoms with Crippen LogP contribution in [0, 0.1) is 13.8 Å². The van der Waals surface area contributed by atoms with Crippen molar-refractivity contribution in [3.05, 3.63) is 70.4 Å². The molecule has 1 fully saturated rings. The molecule has 1 atom stereocenters. The highest BCUT2D eigenvalue weighted by molar-refractivity contribution is 6.46. The van der Waals surface area contributed by atoms with Crippen LogP contribution in [0.3, 0.4) is 0 Å². The number of ketones is 1. The molecule has 0 radical (unpaired) electrons. The third-order valence-corrected chi connectivity index (χ3v) is 6.39. The molecule has 7 nitrogen and oxygen atoms in total. The molecular weight excluding hydrogens is 432 g/mol. The summed E-state index contributed by atoms with van der Waals surface area (Å²) in [5.74, 6) is -1.08. The lowest BCUT2D eigenvalue weighted by Gasteiger charge is -2.25. The molecule has 1 N–H and O–H groups in total. The van der Waals surface area contributed by atoms with Crippen LogP contribution >= 0.6 is 0 Å². The number of benzene rings is 2. The first kappa shape index (κ1) is 23.6. The van der Waals surface area contributed by atoms with E-state index in [1.165, 1.54) is 7.11 Å². The summed E-state index contributed by atoms with van der Waals surface area (Å²) >= 11 is 0. The predicted molar refractivity (Wildman–Crippen MR) is 131 cm³/mol. The second-order valence-corrected chi connectivity index (χ2v) is 8.71. The van der Waals surface area contributed by atoms with Crippen molar-refractivity contribution >= 4 is 28.4 Å². The number of fused-ring (bicyclic) bond motifs is 1. The van der Waals surface area contributed by atoms with E-state index < -0.39 is 17.7 Å². The predicted octanol–water partition coefficient (Wildman–Crippen LogP) is 4.26. The molecule has 0 aliphatic carbocycles. The molecule has 0 bridgehead atoms. The van der Waals surface area contributed by atoms with Gasteiger partial charge in [-0.05, 0) is 43.5 Å². The van der Waals surface area contributed by atoms with Gasteiger partial charge >= 0.3 is 0 Å². The van der Waals surface area contributed by atoms with E-state index in [9.17, 15) is 14.7 Å². The number of aromatic nitrogens is 1. The van der Waals surface area contributed by atoms with Crippen molar-refractivity contribution in [3.8, 4) is 5.75 Å². The second kappa shape index (κ2) is 9.35. The Morgan fingerprint density at radius 1 is 1.12 bits per heavy atom. The maximum absolute atomic E-state index is 13.4. The Balaban J connectivity index is 1.98. The van der Waals surface area contributed by atoms with Crippen LogP contribution in [0.25, 0.3) is 16.7 Å². The Morgan fingerprint density at radius 3 is 2.56 bits per heavy atom. The number of carbonyl (C=O) groups is 2. The maximum atomic E-state index is 13.4. The van der Waals surface area contributed by atoms with E-state index in [2.05, 4.69) is 0 Å². The zero-order valence-electron chi connectivity index (χ0n) is 20.2. The van der Waals surface area contributed by atoms with E-state index in [-0.39, 0.29) is 11.3 Å². The van der Waals surface area contributed by atoms with Gasteiger partial charge in [0.05, 0.1) is 24.3 Å². The standard InChI is InChI=1S/C27H30N2O5/c1-16-13-17(2)26(34-5)19(14-16)24(30)22-23(29(11-8-12-33-4)27(32)25(22)31)20-15-28(3)21-10-7-6-9-18(20)21/h6-7,9-10,13-15,23,30H,8,11-12H2,1-5H3/b24-22+. The summed E-state index contributed by atoms with van der Waals surface area (Å²) in [6.45, 7) is 4.58. The molecule has 0 spiro atoms. The molecule has 2 aromatic carbocycles. The number of aliphatic hydroxyl groups is 1. The molecular formula is C27H30N2O5. The number of nitrogens with zero attached hydrogens (tertiary/aromatic N) is 2. The Morgan fingerprint density at radius 2 is 1.85 bits per heavy atom. The summed E-state index contributed by atoms with van der Waals surface area (Å²) in [4.78, 5) is 28.1. The number of aliphatic hydroxyl groups excluding tert-OH is 1. The number of rotatable bonds is 7. The van der Waals surface area contributed by atoms with E-state index in [4.69, 9.17) is 9.47 Å². The molecule has 3 aromatic rings. The van der Waals surface area contributed by atoms with Crippen molar-refractivity contribution in [2.24, 2.45) is 7.05 Å². The van der Waals surface area contributed by atoms with Crippen molar-refractivity contribution in [2.45, 2.75) is 26.3 Å². The number of hydrogen-bond acceptors (Lipinski definition) is 5. The Hall–Kier alpha value is -3.58. The highest BCUT2D eigenvalue weighted by atomic mass is 16.5. The van der Waals surface area contributed by atoms with Gasteiger partial charge in [-0.2, -0.15) is 0 Å². The van der Waals surface area contributed by atoms with E-state index >= 15 is 0 Å². The number of carbonyl (C=O) groups excluding carboxylic acids is 2. The Labute approximate surface area is 199 Å². The summed E-state index contributed by atoms with van der Waals surface area (Å²) in [5.41, 5.74) is 3.99. The van der Waals surface area contributed by atoms with Crippen LogP contribution in [0.5, 0.6) is 5.75 Å². The summed E-state index contributed by atoms with van der Waals surface area (Å²) < 4.78 is 12.7. The minimum atomic E-state index is -0.728. The van der Waals surface area contributed by atoms with E-state index in [0.29, 0.717) is 30.9 Å². The van der Waals surface area contributed by atoms with Gasteiger partial charge in [0, 0.05) is 50.0 Å². The van der Waals surface area contributed by atoms with Gasteiger partial charge in [-0.15, -0.1) is 0 Å². The molecule has 1 amide bonds. The number of ether oxygens (including phenoxy) is 2. The van der Waals surface area contributed by atoms with Crippen molar-refractivity contribution in [2.75, 3.05) is 27.4 Å². The first-order valence-corrected chi connectivity index (χ1v) is 11.3. The Kier molecular flexibility index (Phi) is 6.48. The number of hydrogen-bond donors (Lipinski definition) is 1. The quantitative estimate of drug-likeness (QED) is 0.246. The highest BCUT2D eigenvalue weighted by Gasteiger charge is 2.47. The normalized spacial score (nSPS) is 17.7. The maximum Gasteiger partial charge on any atom is 0.295 e. The molecule has 2 heterocycles. The third kappa shape index (κ3) is 3.86. The van der Waals surface area contributed by atoms with Crippen molar-refractivity contribution < 1.29 is 24.2 Å². The topological polar surface area (TPSA) is 81.0 Å². The van der Waals surface area contributed by atoms with E-state index in [1.54, 1.807) is 18.1 Å². The highest BCUT2D eigenvalue weighted by Crippen LogP contribution is 2.44. The summed E-state index contributed by atoms with van der Waals surface area (Å²) in [7, 11) is 5.05. The average Bonchev–Trinajstić information content (AvgIpc) is 3.27. The van der Waals surface area contributed by atoms with Crippen LogP contribution in [0.4, 0.5) is 0 Å². The number of likely N-dealkylation sites (tertiary alicyclic amines) is 1. The lowest BCUT2D eigenvalue weighted by molar-refractivity contribution is -0.140. The molecule has 4 rings (SSSR count). The van der Waals surface area contributed by atoms with Gasteiger partial charge in [0.1, 0.15) is 11.5 Å². The van der Waals surface area contributed by atoms with Crippen molar-refractivity contribution in [1.82, 2.24) is 9.47 Å². The van der Waals surface area contributed by atoms with Crippen LogP contribution < -0.4 is 4.74 Å². The van der Waals surface area contributed by atoms with Crippen LogP contribution in [0.1, 0.15) is 34.7 Å². The fourth-order valence-corrected chi connectivity index (χ4v) is 4.95. The van der Waals surface area contributed by atoms with E-state index in [1.807, 2.05) is 62.0 Å². The largest absolute Gasteiger partial charge is 0.507 e. The SMILES string of the molecule is COCCCN1C(=O)C(=O)/C(=C(/O)c2cc(C)cc(C)c2OC)C1c1cn(C)c2ccccc12. The number of methoxy groups -OCH3 is 2. The minimum Gasteiger partial charge on any atom is -0.507 e. The van der Waals surface area contributed by atoms with Crippen molar-refractivity contribution in [3.63, 3.8) is 0 Å². The zero-order chi connectivity index (χ0) is 24.6.